The van der Waals surface area contributed by atoms with E-state index in [4.69, 9.17) is 10.00 Å². The van der Waals surface area contributed by atoms with Gasteiger partial charge in [0.2, 0.25) is 0 Å². The summed E-state index contributed by atoms with van der Waals surface area (Å²) in [5.41, 5.74) is 0.439. The smallest absolute Gasteiger partial charge is 0.144 e. The summed E-state index contributed by atoms with van der Waals surface area (Å²) in [7, 11) is 1.61. The van der Waals surface area contributed by atoms with Crippen LogP contribution >= 0.6 is 0 Å². The van der Waals surface area contributed by atoms with Crippen LogP contribution in [0.25, 0.3) is 0 Å². The third-order valence-electron chi connectivity index (χ3n) is 2.66. The molecule has 0 aliphatic carbocycles. The maximum atomic E-state index is 10.0. The summed E-state index contributed by atoms with van der Waals surface area (Å²) >= 11 is 0. The lowest BCUT2D eigenvalue weighted by Crippen LogP contribution is -2.38. The van der Waals surface area contributed by atoms with Crippen LogP contribution in [0.3, 0.4) is 0 Å². The Morgan fingerprint density at radius 3 is 3.06 bits per heavy atom. The van der Waals surface area contributed by atoms with Crippen molar-refractivity contribution in [1.29, 1.82) is 5.26 Å². The van der Waals surface area contributed by atoms with E-state index in [2.05, 4.69) is 10.3 Å². The molecule has 2 N–H and O–H groups in total. The summed E-state index contributed by atoms with van der Waals surface area (Å²) < 4.78 is 4.94. The number of aliphatic hydroxyl groups is 1. The van der Waals surface area contributed by atoms with Crippen LogP contribution in [0.15, 0.2) is 18.3 Å². The number of rotatable bonds is 7. The average molecular weight is 249 g/mol. The largest absolute Gasteiger partial charge is 0.389 e. The van der Waals surface area contributed by atoms with Gasteiger partial charge in [0.05, 0.1) is 5.60 Å². The second-order valence-electron chi connectivity index (χ2n) is 4.47. The normalized spacial score (nSPS) is 13.9. The van der Waals surface area contributed by atoms with E-state index < -0.39 is 5.60 Å². The number of methoxy groups -OCH3 is 1. The highest BCUT2D eigenvalue weighted by Crippen LogP contribution is 2.09. The molecule has 0 amide bonds. The molecule has 1 rings (SSSR count). The van der Waals surface area contributed by atoms with Crippen LogP contribution in [0.2, 0.25) is 0 Å². The third-order valence-corrected chi connectivity index (χ3v) is 2.66. The lowest BCUT2D eigenvalue weighted by Gasteiger charge is -2.23. The monoisotopic (exact) mass is 249 g/mol. The fourth-order valence-corrected chi connectivity index (χ4v) is 1.56. The van der Waals surface area contributed by atoms with E-state index >= 15 is 0 Å². The lowest BCUT2D eigenvalue weighted by atomic mass is 10.0. The molecule has 1 unspecified atom stereocenters. The van der Waals surface area contributed by atoms with Crippen molar-refractivity contribution in [2.24, 2.45) is 0 Å². The van der Waals surface area contributed by atoms with Crippen molar-refractivity contribution in [2.45, 2.75) is 25.5 Å². The summed E-state index contributed by atoms with van der Waals surface area (Å²) in [6.45, 7) is 3.23. The number of hydrogen-bond donors (Lipinski definition) is 2. The van der Waals surface area contributed by atoms with E-state index in [0.717, 1.165) is 5.56 Å². The molecule has 1 aromatic rings. The zero-order valence-electron chi connectivity index (χ0n) is 10.8. The molecule has 5 nitrogen and oxygen atoms in total. The minimum Gasteiger partial charge on any atom is -0.389 e. The Morgan fingerprint density at radius 1 is 1.61 bits per heavy atom. The fraction of sp³-hybridized carbons (Fsp3) is 0.538. The molecule has 5 heteroatoms. The maximum absolute atomic E-state index is 10.0. The highest BCUT2D eigenvalue weighted by molar-refractivity contribution is 5.30. The Hall–Kier alpha value is -1.48. The van der Waals surface area contributed by atoms with Gasteiger partial charge in [-0.1, -0.05) is 6.07 Å². The van der Waals surface area contributed by atoms with E-state index in [1.807, 2.05) is 12.1 Å². The van der Waals surface area contributed by atoms with E-state index in [-0.39, 0.29) is 0 Å². The Morgan fingerprint density at radius 2 is 2.39 bits per heavy atom. The molecule has 0 aromatic carbocycles. The zero-order valence-corrected chi connectivity index (χ0v) is 10.8. The molecule has 0 aliphatic heterocycles. The fourth-order valence-electron chi connectivity index (χ4n) is 1.56. The predicted molar refractivity (Wildman–Crippen MR) is 67.8 cm³/mol. The molecular formula is C13H19N3O2. The van der Waals surface area contributed by atoms with Gasteiger partial charge in [-0.05, 0) is 13.0 Å². The summed E-state index contributed by atoms with van der Waals surface area (Å²) in [6, 6.07) is 5.69. The molecule has 0 aliphatic rings. The van der Waals surface area contributed by atoms with Crippen molar-refractivity contribution in [2.75, 3.05) is 20.3 Å². The number of hydrogen-bond acceptors (Lipinski definition) is 5. The molecule has 0 saturated carbocycles. The van der Waals surface area contributed by atoms with Gasteiger partial charge in [0.15, 0.2) is 0 Å². The minimum atomic E-state index is -0.814. The van der Waals surface area contributed by atoms with Gasteiger partial charge in [0.1, 0.15) is 11.8 Å². The third kappa shape index (κ3) is 4.80. The first-order valence-electron chi connectivity index (χ1n) is 5.85. The molecular weight excluding hydrogens is 230 g/mol. The quantitative estimate of drug-likeness (QED) is 0.748. The van der Waals surface area contributed by atoms with Crippen molar-refractivity contribution in [3.05, 3.63) is 29.6 Å². The number of pyridine rings is 1. The lowest BCUT2D eigenvalue weighted by molar-refractivity contribution is 0.0247. The summed E-state index contributed by atoms with van der Waals surface area (Å²) in [4.78, 5) is 3.98. The molecule has 0 radical (unpaired) electrons. The molecule has 0 spiro atoms. The highest BCUT2D eigenvalue weighted by atomic mass is 16.5. The summed E-state index contributed by atoms with van der Waals surface area (Å²) in [5.74, 6) is 0. The van der Waals surface area contributed by atoms with Crippen LogP contribution in [0.4, 0.5) is 0 Å². The zero-order chi connectivity index (χ0) is 13.4. The molecule has 18 heavy (non-hydrogen) atoms. The molecule has 1 heterocycles. The van der Waals surface area contributed by atoms with Crippen molar-refractivity contribution < 1.29 is 9.84 Å². The number of nitrogens with zero attached hydrogens (tertiary/aromatic N) is 2. The molecule has 0 fully saturated rings. The van der Waals surface area contributed by atoms with Crippen LogP contribution in [0.1, 0.15) is 24.6 Å². The van der Waals surface area contributed by atoms with E-state index in [9.17, 15) is 5.11 Å². The SMILES string of the molecule is COCCC(C)(O)CNCc1cccnc1C#N. The molecule has 0 bridgehead atoms. The Balaban J connectivity index is 2.44. The topological polar surface area (TPSA) is 78.2 Å². The van der Waals surface area contributed by atoms with Gasteiger partial charge in [-0.2, -0.15) is 5.26 Å². The van der Waals surface area contributed by atoms with E-state index in [0.29, 0.717) is 31.8 Å². The number of ether oxygens (including phenoxy) is 1. The molecule has 1 atom stereocenters. The first-order valence-corrected chi connectivity index (χ1v) is 5.85. The van der Waals surface area contributed by atoms with Crippen LogP contribution in [0.5, 0.6) is 0 Å². The molecule has 1 aromatic heterocycles. The molecule has 0 saturated heterocycles. The van der Waals surface area contributed by atoms with Gasteiger partial charge >= 0.3 is 0 Å². The molecule has 98 valence electrons. The first kappa shape index (κ1) is 14.6. The number of aromatic nitrogens is 1. The van der Waals surface area contributed by atoms with Crippen LogP contribution in [-0.2, 0) is 11.3 Å². The van der Waals surface area contributed by atoms with E-state index in [1.165, 1.54) is 0 Å². The van der Waals surface area contributed by atoms with Gasteiger partial charge in [-0.25, -0.2) is 4.98 Å². The van der Waals surface area contributed by atoms with Crippen LogP contribution in [0, 0.1) is 11.3 Å². The van der Waals surface area contributed by atoms with Gasteiger partial charge in [0, 0.05) is 45.0 Å². The van der Waals surface area contributed by atoms with Gasteiger partial charge in [0.25, 0.3) is 0 Å². The Kier molecular flexibility index (Phi) is 5.72. The van der Waals surface area contributed by atoms with Crippen molar-refractivity contribution >= 4 is 0 Å². The Bertz CT molecular complexity index is 413. The number of nitrogens with one attached hydrogen (secondary N) is 1. The van der Waals surface area contributed by atoms with Crippen LogP contribution < -0.4 is 5.32 Å². The van der Waals surface area contributed by atoms with Crippen molar-refractivity contribution in [1.82, 2.24) is 10.3 Å². The second-order valence-corrected chi connectivity index (χ2v) is 4.47. The predicted octanol–water partition coefficient (Wildman–Crippen LogP) is 0.830. The first-order chi connectivity index (χ1) is 8.59. The summed E-state index contributed by atoms with van der Waals surface area (Å²) in [5, 5.41) is 22.0. The standard InChI is InChI=1S/C13H19N3O2/c1-13(17,5-7-18-2)10-15-9-11-4-3-6-16-12(11)8-14/h3-4,6,15,17H,5,7,9-10H2,1-2H3. The second kappa shape index (κ2) is 7.07. The number of nitriles is 1. The Labute approximate surface area is 107 Å². The minimum absolute atomic E-state index is 0.418. The van der Waals surface area contributed by atoms with Gasteiger partial charge < -0.3 is 15.2 Å². The maximum Gasteiger partial charge on any atom is 0.144 e. The van der Waals surface area contributed by atoms with Gasteiger partial charge in [-0.3, -0.25) is 0 Å². The van der Waals surface area contributed by atoms with Crippen LogP contribution in [-0.4, -0.2) is 36.0 Å². The summed E-state index contributed by atoms with van der Waals surface area (Å²) in [6.07, 6.45) is 2.16. The van der Waals surface area contributed by atoms with E-state index in [1.54, 1.807) is 26.3 Å². The van der Waals surface area contributed by atoms with Gasteiger partial charge in [-0.15, -0.1) is 0 Å². The van der Waals surface area contributed by atoms with Crippen molar-refractivity contribution in [3.8, 4) is 6.07 Å². The van der Waals surface area contributed by atoms with Crippen molar-refractivity contribution in [3.63, 3.8) is 0 Å². The highest BCUT2D eigenvalue weighted by Gasteiger charge is 2.19. The average Bonchev–Trinajstić information content (AvgIpc) is 2.37.